The second-order valence-electron chi connectivity index (χ2n) is 8.52. The lowest BCUT2D eigenvalue weighted by molar-refractivity contribution is -0.143. The number of ketones is 1. The van der Waals surface area contributed by atoms with Gasteiger partial charge < -0.3 is 9.80 Å². The van der Waals surface area contributed by atoms with Gasteiger partial charge in [0.1, 0.15) is 5.69 Å². The molecule has 33 heavy (non-hydrogen) atoms. The highest BCUT2D eigenvalue weighted by molar-refractivity contribution is 9.10. The molecule has 2 amide bonds. The van der Waals surface area contributed by atoms with Gasteiger partial charge in [0.25, 0.3) is 11.8 Å². The van der Waals surface area contributed by atoms with Crippen LogP contribution in [-0.2, 0) is 22.3 Å². The Hall–Kier alpha value is -2.75. The molecule has 1 spiro atoms. The summed E-state index contributed by atoms with van der Waals surface area (Å²) in [5.41, 5.74) is -0.880. The van der Waals surface area contributed by atoms with E-state index >= 15 is 0 Å². The summed E-state index contributed by atoms with van der Waals surface area (Å²) in [6, 6.07) is 9.45. The van der Waals surface area contributed by atoms with Crippen LogP contribution in [0.2, 0.25) is 0 Å². The van der Waals surface area contributed by atoms with Crippen LogP contribution in [0.3, 0.4) is 0 Å². The number of aryl methyl sites for hydroxylation is 1. The molecule has 174 valence electrons. The smallest absolute Gasteiger partial charge is 0.339 e. The van der Waals surface area contributed by atoms with Crippen LogP contribution in [0.25, 0.3) is 0 Å². The van der Waals surface area contributed by atoms with Gasteiger partial charge in [-0.2, -0.15) is 13.2 Å². The Balaban J connectivity index is 1.44. The Kier molecular flexibility index (Phi) is 6.07. The van der Waals surface area contributed by atoms with Crippen molar-refractivity contribution in [2.45, 2.75) is 32.5 Å². The number of hydrogen-bond donors (Lipinski definition) is 0. The van der Waals surface area contributed by atoms with Gasteiger partial charge in [-0.05, 0) is 49.6 Å². The number of aromatic nitrogens is 1. The zero-order valence-electron chi connectivity index (χ0n) is 17.8. The van der Waals surface area contributed by atoms with Crippen molar-refractivity contribution in [3.05, 3.63) is 63.4 Å². The second kappa shape index (κ2) is 8.55. The molecule has 0 atom stereocenters. The summed E-state index contributed by atoms with van der Waals surface area (Å²) in [6.07, 6.45) is -3.93. The normalized spacial score (nSPS) is 18.3. The summed E-state index contributed by atoms with van der Waals surface area (Å²) >= 11 is 3.40. The third-order valence-corrected chi connectivity index (χ3v) is 6.83. The lowest BCUT2D eigenvalue weighted by Crippen LogP contribution is -2.47. The lowest BCUT2D eigenvalue weighted by Gasteiger charge is -2.37. The minimum atomic E-state index is -4.58. The molecular weight excluding hydrogens is 503 g/mol. The molecule has 0 N–H and O–H groups in total. The van der Waals surface area contributed by atoms with E-state index < -0.39 is 34.9 Å². The summed E-state index contributed by atoms with van der Waals surface area (Å²) in [6.45, 7) is 2.46. The highest BCUT2D eigenvalue weighted by Crippen LogP contribution is 2.39. The molecule has 0 unspecified atom stereocenters. The average Bonchev–Trinajstić information content (AvgIpc) is 2.98. The fourth-order valence-electron chi connectivity index (χ4n) is 4.50. The zero-order valence-corrected chi connectivity index (χ0v) is 19.4. The van der Waals surface area contributed by atoms with Crippen LogP contribution in [-0.4, -0.2) is 52.0 Å². The standard InChI is InChI=1S/C23H21BrF3N3O3/c1-14-17(5-6-18(28-14)23(25,26)27)20(32)29-9-7-22(8-10-29)13-30(21(33)19(22)31)12-15-3-2-4-16(24)11-15/h2-6,11H,7-10,12-13H2,1H3. The van der Waals surface area contributed by atoms with E-state index in [1.807, 2.05) is 24.3 Å². The molecule has 2 aliphatic rings. The van der Waals surface area contributed by atoms with E-state index in [4.69, 9.17) is 0 Å². The molecule has 10 heteroatoms. The van der Waals surface area contributed by atoms with Gasteiger partial charge in [0, 0.05) is 30.7 Å². The van der Waals surface area contributed by atoms with Crippen molar-refractivity contribution in [2.24, 2.45) is 5.41 Å². The van der Waals surface area contributed by atoms with Crippen molar-refractivity contribution >= 4 is 33.5 Å². The minimum absolute atomic E-state index is 0.00225. The van der Waals surface area contributed by atoms with Crippen LogP contribution < -0.4 is 0 Å². The fourth-order valence-corrected chi connectivity index (χ4v) is 4.95. The Morgan fingerprint density at radius 3 is 2.45 bits per heavy atom. The minimum Gasteiger partial charge on any atom is -0.339 e. The van der Waals surface area contributed by atoms with E-state index in [-0.39, 0.29) is 24.3 Å². The molecule has 0 radical (unpaired) electrons. The molecule has 3 heterocycles. The maximum absolute atomic E-state index is 12.9. The van der Waals surface area contributed by atoms with Gasteiger partial charge in [0.2, 0.25) is 5.78 Å². The zero-order chi connectivity index (χ0) is 24.0. The molecule has 0 bridgehead atoms. The number of alkyl halides is 3. The van der Waals surface area contributed by atoms with Crippen molar-refractivity contribution in [1.29, 1.82) is 0 Å². The van der Waals surface area contributed by atoms with Crippen molar-refractivity contribution in [3.8, 4) is 0 Å². The predicted molar refractivity (Wildman–Crippen MR) is 116 cm³/mol. The predicted octanol–water partition coefficient (Wildman–Crippen LogP) is 4.01. The summed E-state index contributed by atoms with van der Waals surface area (Å²) in [5.74, 6) is -1.37. The van der Waals surface area contributed by atoms with Gasteiger partial charge in [-0.15, -0.1) is 0 Å². The van der Waals surface area contributed by atoms with Gasteiger partial charge in [-0.1, -0.05) is 28.1 Å². The molecule has 0 aliphatic carbocycles. The van der Waals surface area contributed by atoms with Crippen LogP contribution in [0, 0.1) is 12.3 Å². The Morgan fingerprint density at radius 1 is 1.15 bits per heavy atom. The molecule has 1 aromatic heterocycles. The van der Waals surface area contributed by atoms with E-state index in [0.29, 0.717) is 25.9 Å². The van der Waals surface area contributed by atoms with E-state index in [2.05, 4.69) is 20.9 Å². The van der Waals surface area contributed by atoms with Gasteiger partial charge in [0.15, 0.2) is 0 Å². The number of benzene rings is 1. The Bertz CT molecular complexity index is 1130. The number of amides is 2. The molecule has 2 saturated heterocycles. The topological polar surface area (TPSA) is 70.6 Å². The van der Waals surface area contributed by atoms with Crippen LogP contribution in [0.1, 0.15) is 40.2 Å². The summed E-state index contributed by atoms with van der Waals surface area (Å²) in [5, 5.41) is 0. The third-order valence-electron chi connectivity index (χ3n) is 6.33. The van der Waals surface area contributed by atoms with Crippen molar-refractivity contribution < 1.29 is 27.6 Å². The number of pyridine rings is 1. The number of carbonyl (C=O) groups is 3. The number of hydrogen-bond acceptors (Lipinski definition) is 4. The maximum Gasteiger partial charge on any atom is 0.433 e. The monoisotopic (exact) mass is 523 g/mol. The number of halogens is 4. The second-order valence-corrected chi connectivity index (χ2v) is 9.44. The van der Waals surface area contributed by atoms with Gasteiger partial charge in [-0.25, -0.2) is 4.98 Å². The molecule has 0 saturated carbocycles. The quantitative estimate of drug-likeness (QED) is 0.570. The first-order chi connectivity index (χ1) is 15.5. The molecule has 6 nitrogen and oxygen atoms in total. The molecule has 4 rings (SSSR count). The summed E-state index contributed by atoms with van der Waals surface area (Å²) < 4.78 is 39.5. The van der Waals surface area contributed by atoms with Gasteiger partial charge >= 0.3 is 6.18 Å². The molecule has 1 aromatic carbocycles. The van der Waals surface area contributed by atoms with Crippen molar-refractivity contribution in [3.63, 3.8) is 0 Å². The first-order valence-corrected chi connectivity index (χ1v) is 11.2. The largest absolute Gasteiger partial charge is 0.433 e. The van der Waals surface area contributed by atoms with Crippen molar-refractivity contribution in [2.75, 3.05) is 19.6 Å². The Labute approximate surface area is 196 Å². The van der Waals surface area contributed by atoms with Gasteiger partial charge in [-0.3, -0.25) is 14.4 Å². The number of likely N-dealkylation sites (tertiary alicyclic amines) is 2. The number of carbonyl (C=O) groups excluding carboxylic acids is 3. The third kappa shape index (κ3) is 4.53. The molecular formula is C23H21BrF3N3O3. The molecule has 2 aliphatic heterocycles. The SMILES string of the molecule is Cc1nc(C(F)(F)F)ccc1C(=O)N1CCC2(CC1)CN(Cc1cccc(Br)c1)C(=O)C2=O. The first kappa shape index (κ1) is 23.4. The summed E-state index contributed by atoms with van der Waals surface area (Å²) in [7, 11) is 0. The average molecular weight is 524 g/mol. The maximum atomic E-state index is 12.9. The van der Waals surface area contributed by atoms with E-state index in [0.717, 1.165) is 22.2 Å². The highest BCUT2D eigenvalue weighted by Gasteiger charge is 2.53. The highest BCUT2D eigenvalue weighted by atomic mass is 79.9. The van der Waals surface area contributed by atoms with E-state index in [1.54, 1.807) is 4.90 Å². The number of piperidine rings is 1. The van der Waals surface area contributed by atoms with Gasteiger partial charge in [0.05, 0.1) is 16.7 Å². The summed E-state index contributed by atoms with van der Waals surface area (Å²) in [4.78, 5) is 45.0. The van der Waals surface area contributed by atoms with Crippen LogP contribution >= 0.6 is 15.9 Å². The van der Waals surface area contributed by atoms with Crippen LogP contribution in [0.5, 0.6) is 0 Å². The van der Waals surface area contributed by atoms with Crippen molar-refractivity contribution in [1.82, 2.24) is 14.8 Å². The molecule has 2 fully saturated rings. The fraction of sp³-hybridized carbons (Fsp3) is 0.391. The number of Topliss-reactive ketones (excluding diaryl/α,β-unsaturated/α-hetero) is 1. The van der Waals surface area contributed by atoms with E-state index in [1.165, 1.54) is 11.8 Å². The van der Waals surface area contributed by atoms with Crippen LogP contribution in [0.4, 0.5) is 13.2 Å². The lowest BCUT2D eigenvalue weighted by atomic mass is 9.76. The Morgan fingerprint density at radius 2 is 1.85 bits per heavy atom. The van der Waals surface area contributed by atoms with Crippen LogP contribution in [0.15, 0.2) is 40.9 Å². The number of nitrogens with zero attached hydrogens (tertiary/aromatic N) is 3. The molecule has 2 aromatic rings. The van der Waals surface area contributed by atoms with E-state index in [9.17, 15) is 27.6 Å². The number of rotatable bonds is 3. The first-order valence-electron chi connectivity index (χ1n) is 10.4.